The molecule has 2 aromatic rings. The van der Waals surface area contributed by atoms with Crippen LogP contribution in [-0.2, 0) is 9.59 Å². The highest BCUT2D eigenvalue weighted by atomic mass is 32.1. The van der Waals surface area contributed by atoms with Crippen molar-refractivity contribution in [2.24, 2.45) is 11.8 Å². The van der Waals surface area contributed by atoms with Gasteiger partial charge in [-0.2, -0.15) is 0 Å². The number of thiophene rings is 1. The summed E-state index contributed by atoms with van der Waals surface area (Å²) in [6.45, 7) is 4.81. The minimum Gasteiger partial charge on any atom is -0.340 e. The molecule has 1 fully saturated rings. The molecule has 0 aliphatic carbocycles. The Morgan fingerprint density at radius 3 is 2.52 bits per heavy atom. The molecule has 1 aliphatic rings. The molecular weight excluding hydrogens is 386 g/mol. The Morgan fingerprint density at radius 2 is 1.86 bits per heavy atom. The molecule has 3 amide bonds. The van der Waals surface area contributed by atoms with Crippen LogP contribution in [0.15, 0.2) is 47.8 Å². The number of hydrogen-bond donors (Lipinski definition) is 2. The lowest BCUT2D eigenvalue weighted by molar-refractivity contribution is -0.137. The molecule has 0 saturated carbocycles. The number of benzene rings is 1. The van der Waals surface area contributed by atoms with Crippen molar-refractivity contribution in [2.75, 3.05) is 18.4 Å². The van der Waals surface area contributed by atoms with Crippen LogP contribution in [0.2, 0.25) is 0 Å². The zero-order chi connectivity index (χ0) is 20.8. The maximum Gasteiger partial charge on any atom is 0.262 e. The van der Waals surface area contributed by atoms with Crippen LogP contribution in [0.5, 0.6) is 0 Å². The van der Waals surface area contributed by atoms with E-state index >= 15 is 0 Å². The molecule has 2 unspecified atom stereocenters. The lowest BCUT2D eigenvalue weighted by Crippen LogP contribution is -2.54. The summed E-state index contributed by atoms with van der Waals surface area (Å²) in [5.41, 5.74) is 0.754. The third-order valence-corrected chi connectivity index (χ3v) is 5.98. The minimum atomic E-state index is -0.611. The third kappa shape index (κ3) is 5.44. The first-order valence-corrected chi connectivity index (χ1v) is 10.8. The number of likely N-dealkylation sites (tertiary alicyclic amines) is 1. The van der Waals surface area contributed by atoms with E-state index in [1.807, 2.05) is 55.6 Å². The monoisotopic (exact) mass is 413 g/mol. The first-order chi connectivity index (χ1) is 14.0. The van der Waals surface area contributed by atoms with Gasteiger partial charge in [-0.05, 0) is 42.3 Å². The van der Waals surface area contributed by atoms with Gasteiger partial charge in [0.25, 0.3) is 5.91 Å². The summed E-state index contributed by atoms with van der Waals surface area (Å²) in [4.78, 5) is 40.6. The Balaban J connectivity index is 1.63. The smallest absolute Gasteiger partial charge is 0.262 e. The van der Waals surface area contributed by atoms with Crippen molar-refractivity contribution in [3.8, 4) is 0 Å². The Morgan fingerprint density at radius 1 is 1.10 bits per heavy atom. The van der Waals surface area contributed by atoms with Crippen LogP contribution in [0.3, 0.4) is 0 Å². The van der Waals surface area contributed by atoms with Gasteiger partial charge in [0, 0.05) is 18.8 Å². The van der Waals surface area contributed by atoms with Crippen LogP contribution in [0, 0.1) is 11.8 Å². The molecule has 2 N–H and O–H groups in total. The summed E-state index contributed by atoms with van der Waals surface area (Å²) >= 11 is 1.35. The molecule has 1 aliphatic heterocycles. The lowest BCUT2D eigenvalue weighted by atomic mass is 9.94. The Bertz CT molecular complexity index is 836. The van der Waals surface area contributed by atoms with E-state index in [4.69, 9.17) is 0 Å². The Kier molecular flexibility index (Phi) is 7.04. The van der Waals surface area contributed by atoms with Gasteiger partial charge in [0.15, 0.2) is 0 Å². The van der Waals surface area contributed by atoms with Crippen molar-refractivity contribution >= 4 is 34.7 Å². The zero-order valence-corrected chi connectivity index (χ0v) is 17.6. The summed E-state index contributed by atoms with van der Waals surface area (Å²) in [6, 6.07) is 12.3. The maximum atomic E-state index is 13.2. The molecule has 1 aromatic carbocycles. The highest BCUT2D eigenvalue weighted by Gasteiger charge is 2.34. The van der Waals surface area contributed by atoms with Crippen LogP contribution >= 0.6 is 11.3 Å². The second-order valence-electron chi connectivity index (χ2n) is 7.65. The fourth-order valence-corrected chi connectivity index (χ4v) is 4.11. The molecule has 0 bridgehead atoms. The molecule has 1 aromatic heterocycles. The fraction of sp³-hybridized carbons (Fsp3) is 0.409. The minimum absolute atomic E-state index is 0.0510. The summed E-state index contributed by atoms with van der Waals surface area (Å²) < 4.78 is 0. The molecular formula is C22H27N3O3S. The van der Waals surface area contributed by atoms with Gasteiger partial charge in [-0.1, -0.05) is 38.1 Å². The van der Waals surface area contributed by atoms with Crippen molar-refractivity contribution in [3.05, 3.63) is 52.7 Å². The highest BCUT2D eigenvalue weighted by Crippen LogP contribution is 2.21. The largest absolute Gasteiger partial charge is 0.340 e. The average Bonchev–Trinajstić information content (AvgIpc) is 3.27. The SMILES string of the molecule is CC(C)C(NC(=O)c1cccs1)C(=O)N1CCCC(C(=O)Nc2ccccc2)C1. The number of anilines is 1. The van der Waals surface area contributed by atoms with Crippen molar-refractivity contribution < 1.29 is 14.4 Å². The number of piperidine rings is 1. The Labute approximate surface area is 175 Å². The van der Waals surface area contributed by atoms with Gasteiger partial charge in [-0.3, -0.25) is 14.4 Å². The fourth-order valence-electron chi connectivity index (χ4n) is 3.49. The zero-order valence-electron chi connectivity index (χ0n) is 16.8. The van der Waals surface area contributed by atoms with Gasteiger partial charge in [0.05, 0.1) is 10.8 Å². The molecule has 29 heavy (non-hydrogen) atoms. The van der Waals surface area contributed by atoms with Gasteiger partial charge >= 0.3 is 0 Å². The highest BCUT2D eigenvalue weighted by molar-refractivity contribution is 7.12. The second kappa shape index (κ2) is 9.69. The number of amides is 3. The molecule has 6 nitrogen and oxygen atoms in total. The number of rotatable bonds is 6. The van der Waals surface area contributed by atoms with Crippen LogP contribution in [0.25, 0.3) is 0 Å². The van der Waals surface area contributed by atoms with Crippen molar-refractivity contribution in [1.29, 1.82) is 0 Å². The predicted molar refractivity (Wildman–Crippen MR) is 115 cm³/mol. The van der Waals surface area contributed by atoms with Crippen molar-refractivity contribution in [2.45, 2.75) is 32.7 Å². The normalized spacial score (nSPS) is 17.6. The summed E-state index contributed by atoms with van der Waals surface area (Å²) in [7, 11) is 0. The van der Waals surface area contributed by atoms with E-state index in [0.717, 1.165) is 18.5 Å². The molecule has 7 heteroatoms. The van der Waals surface area contributed by atoms with Gasteiger partial charge in [-0.25, -0.2) is 0 Å². The summed E-state index contributed by atoms with van der Waals surface area (Å²) in [6.07, 6.45) is 1.51. The van der Waals surface area contributed by atoms with Crippen molar-refractivity contribution in [3.63, 3.8) is 0 Å². The number of carbonyl (C=O) groups is 3. The second-order valence-corrected chi connectivity index (χ2v) is 8.60. The van der Waals surface area contributed by atoms with Gasteiger partial charge in [0.2, 0.25) is 11.8 Å². The summed E-state index contributed by atoms with van der Waals surface area (Å²) in [5.74, 6) is -0.736. The standard InChI is InChI=1S/C22H27N3O3S/c1-15(2)19(24-21(27)18-11-7-13-29-18)22(28)25-12-6-8-16(14-25)20(26)23-17-9-4-3-5-10-17/h3-5,7,9-11,13,15-16,19H,6,8,12,14H2,1-2H3,(H,23,26)(H,24,27). The van der Waals surface area contributed by atoms with Crippen LogP contribution in [0.4, 0.5) is 5.69 Å². The number of hydrogen-bond acceptors (Lipinski definition) is 4. The van der Waals surface area contributed by atoms with Gasteiger partial charge < -0.3 is 15.5 Å². The average molecular weight is 414 g/mol. The number of para-hydroxylation sites is 1. The molecule has 0 radical (unpaired) electrons. The van der Waals surface area contributed by atoms with E-state index in [2.05, 4.69) is 10.6 Å². The van der Waals surface area contributed by atoms with E-state index in [1.165, 1.54) is 11.3 Å². The molecule has 0 spiro atoms. The maximum absolute atomic E-state index is 13.2. The first-order valence-electron chi connectivity index (χ1n) is 9.94. The molecule has 1 saturated heterocycles. The van der Waals surface area contributed by atoms with Gasteiger partial charge in [0.1, 0.15) is 6.04 Å². The molecule has 2 heterocycles. The topological polar surface area (TPSA) is 78.5 Å². The van der Waals surface area contributed by atoms with E-state index in [-0.39, 0.29) is 29.6 Å². The number of nitrogens with one attached hydrogen (secondary N) is 2. The lowest BCUT2D eigenvalue weighted by Gasteiger charge is -2.35. The van der Waals surface area contributed by atoms with E-state index < -0.39 is 6.04 Å². The number of carbonyl (C=O) groups excluding carboxylic acids is 3. The van der Waals surface area contributed by atoms with Gasteiger partial charge in [-0.15, -0.1) is 11.3 Å². The number of nitrogens with zero attached hydrogens (tertiary/aromatic N) is 1. The summed E-state index contributed by atoms with van der Waals surface area (Å²) in [5, 5.41) is 7.64. The Hall–Kier alpha value is -2.67. The van der Waals surface area contributed by atoms with Crippen LogP contribution in [0.1, 0.15) is 36.4 Å². The van der Waals surface area contributed by atoms with E-state index in [1.54, 1.807) is 11.0 Å². The predicted octanol–water partition coefficient (Wildman–Crippen LogP) is 3.38. The van der Waals surface area contributed by atoms with E-state index in [0.29, 0.717) is 18.0 Å². The van der Waals surface area contributed by atoms with Crippen molar-refractivity contribution in [1.82, 2.24) is 10.2 Å². The third-order valence-electron chi connectivity index (χ3n) is 5.11. The van der Waals surface area contributed by atoms with Crippen LogP contribution in [-0.4, -0.2) is 41.8 Å². The van der Waals surface area contributed by atoms with Crippen LogP contribution < -0.4 is 10.6 Å². The molecule has 2 atom stereocenters. The molecule has 154 valence electrons. The first kappa shape index (κ1) is 21.0. The molecule has 3 rings (SSSR count). The quantitative estimate of drug-likeness (QED) is 0.762. The van der Waals surface area contributed by atoms with E-state index in [9.17, 15) is 14.4 Å².